The van der Waals surface area contributed by atoms with E-state index in [0.717, 1.165) is 0 Å². The second-order valence-electron chi connectivity index (χ2n) is 6.04. The largest absolute Gasteiger partial charge is 0.365 e. The number of allylic oxidation sites excluding steroid dienone is 3. The van der Waals surface area contributed by atoms with Gasteiger partial charge in [-0.2, -0.15) is 4.98 Å². The van der Waals surface area contributed by atoms with Gasteiger partial charge < -0.3 is 20.6 Å². The second-order valence-corrected chi connectivity index (χ2v) is 6.04. The number of anilines is 3. The Morgan fingerprint density at radius 1 is 1.44 bits per heavy atom. The summed E-state index contributed by atoms with van der Waals surface area (Å²) in [5, 5.41) is 13.6. The van der Waals surface area contributed by atoms with Crippen molar-refractivity contribution >= 4 is 23.8 Å². The molecule has 0 aromatic carbocycles. The highest BCUT2D eigenvalue weighted by molar-refractivity contribution is 5.84. The molecule has 1 aliphatic carbocycles. The van der Waals surface area contributed by atoms with Crippen molar-refractivity contribution in [3.8, 4) is 0 Å². The number of nitrogens with zero attached hydrogens (tertiary/aromatic N) is 4. The zero-order valence-corrected chi connectivity index (χ0v) is 14.1. The van der Waals surface area contributed by atoms with Gasteiger partial charge >= 0.3 is 0 Å². The Kier molecular flexibility index (Phi) is 4.87. The molecule has 7 nitrogen and oxygen atoms in total. The number of imidazole rings is 1. The molecule has 130 valence electrons. The molecule has 2 aromatic rings. The smallest absolute Gasteiger partial charge is 0.230 e. The van der Waals surface area contributed by atoms with Crippen molar-refractivity contribution < 1.29 is 4.39 Å². The first-order chi connectivity index (χ1) is 12.0. The number of halogens is 1. The fraction of sp³-hybridized carbons (Fsp3) is 0.294. The predicted molar refractivity (Wildman–Crippen MR) is 96.0 cm³/mol. The standard InChI is InChI=1S/C17H20FN7/c1-11-3-4-14(18)12(5-11)7-20-16-13(6-19)8-21-17(24-16)23-15-9-25(2)10-22-15/h3-4,6,8-11,19H,5,7H2,1-2H3,(H2,20,21,23,24). The molecule has 0 radical (unpaired) electrons. The minimum Gasteiger partial charge on any atom is -0.365 e. The van der Waals surface area contributed by atoms with Crippen molar-refractivity contribution in [3.63, 3.8) is 0 Å². The van der Waals surface area contributed by atoms with Crippen LogP contribution in [0.15, 0.2) is 42.3 Å². The molecule has 1 aliphatic rings. The summed E-state index contributed by atoms with van der Waals surface area (Å²) in [7, 11) is 1.87. The van der Waals surface area contributed by atoms with Crippen LogP contribution in [0.4, 0.5) is 22.0 Å². The number of aryl methyl sites for hydroxylation is 1. The molecule has 0 saturated heterocycles. The maximum atomic E-state index is 13.9. The maximum Gasteiger partial charge on any atom is 0.230 e. The van der Waals surface area contributed by atoms with Crippen LogP contribution < -0.4 is 10.6 Å². The Bertz CT molecular complexity index is 837. The fourth-order valence-electron chi connectivity index (χ4n) is 2.56. The number of aromatic nitrogens is 4. The van der Waals surface area contributed by atoms with Gasteiger partial charge in [0.1, 0.15) is 11.6 Å². The summed E-state index contributed by atoms with van der Waals surface area (Å²) in [5.74, 6) is 1.56. The summed E-state index contributed by atoms with van der Waals surface area (Å²) < 4.78 is 15.7. The van der Waals surface area contributed by atoms with Gasteiger partial charge in [-0.05, 0) is 24.0 Å². The van der Waals surface area contributed by atoms with Gasteiger partial charge in [0.25, 0.3) is 0 Å². The van der Waals surface area contributed by atoms with E-state index in [1.54, 1.807) is 23.3 Å². The zero-order valence-electron chi connectivity index (χ0n) is 14.1. The molecular weight excluding hydrogens is 321 g/mol. The SMILES string of the molecule is CC1C=CC(F)=C(CNc2nc(Nc3cn(C)cn3)ncc2C=N)C1. The minimum absolute atomic E-state index is 0.206. The highest BCUT2D eigenvalue weighted by atomic mass is 19.1. The summed E-state index contributed by atoms with van der Waals surface area (Å²) in [4.78, 5) is 12.7. The molecule has 0 saturated carbocycles. The third-order valence-electron chi connectivity index (χ3n) is 3.86. The van der Waals surface area contributed by atoms with Crippen LogP contribution in [-0.2, 0) is 7.05 Å². The van der Waals surface area contributed by atoms with Crippen LogP contribution in [0.3, 0.4) is 0 Å². The number of rotatable bonds is 6. The lowest BCUT2D eigenvalue weighted by molar-refractivity contribution is 0.597. The lowest BCUT2D eigenvalue weighted by atomic mass is 9.95. The van der Waals surface area contributed by atoms with Gasteiger partial charge in [-0.15, -0.1) is 0 Å². The van der Waals surface area contributed by atoms with Gasteiger partial charge in [0, 0.05) is 32.2 Å². The van der Waals surface area contributed by atoms with Crippen molar-refractivity contribution in [1.29, 1.82) is 5.41 Å². The van der Waals surface area contributed by atoms with E-state index in [2.05, 4.69) is 25.6 Å². The van der Waals surface area contributed by atoms with E-state index in [1.807, 2.05) is 20.0 Å². The molecule has 25 heavy (non-hydrogen) atoms. The average Bonchev–Trinajstić information content (AvgIpc) is 3.00. The summed E-state index contributed by atoms with van der Waals surface area (Å²) in [6.45, 7) is 2.38. The molecule has 0 aliphatic heterocycles. The highest BCUT2D eigenvalue weighted by Crippen LogP contribution is 2.25. The van der Waals surface area contributed by atoms with Gasteiger partial charge in [0.2, 0.25) is 5.95 Å². The van der Waals surface area contributed by atoms with E-state index in [1.165, 1.54) is 12.3 Å². The Labute approximate surface area is 145 Å². The van der Waals surface area contributed by atoms with Gasteiger partial charge in [-0.25, -0.2) is 14.4 Å². The molecule has 1 unspecified atom stereocenters. The van der Waals surface area contributed by atoms with E-state index < -0.39 is 0 Å². The quantitative estimate of drug-likeness (QED) is 0.702. The van der Waals surface area contributed by atoms with Crippen LogP contribution in [0.25, 0.3) is 0 Å². The van der Waals surface area contributed by atoms with Gasteiger partial charge in [-0.1, -0.05) is 13.0 Å². The molecule has 0 spiro atoms. The molecule has 1 atom stereocenters. The lowest BCUT2D eigenvalue weighted by Crippen LogP contribution is -2.14. The summed E-state index contributed by atoms with van der Waals surface area (Å²) in [6, 6.07) is 0. The predicted octanol–water partition coefficient (Wildman–Crippen LogP) is 3.18. The Balaban J connectivity index is 1.76. The molecule has 3 rings (SSSR count). The van der Waals surface area contributed by atoms with Crippen LogP contribution in [0.5, 0.6) is 0 Å². The first-order valence-electron chi connectivity index (χ1n) is 7.97. The Morgan fingerprint density at radius 2 is 2.28 bits per heavy atom. The van der Waals surface area contributed by atoms with E-state index in [-0.39, 0.29) is 5.83 Å². The van der Waals surface area contributed by atoms with Crippen LogP contribution in [-0.4, -0.2) is 32.3 Å². The zero-order chi connectivity index (χ0) is 17.8. The summed E-state index contributed by atoms with van der Waals surface area (Å²) in [6.07, 6.45) is 10.2. The van der Waals surface area contributed by atoms with Crippen molar-refractivity contribution in [2.24, 2.45) is 13.0 Å². The Morgan fingerprint density at radius 3 is 3.00 bits per heavy atom. The summed E-state index contributed by atoms with van der Waals surface area (Å²) in [5.41, 5.74) is 1.23. The van der Waals surface area contributed by atoms with Gasteiger partial charge in [0.05, 0.1) is 11.9 Å². The van der Waals surface area contributed by atoms with Crippen molar-refractivity contribution in [1.82, 2.24) is 19.5 Å². The van der Waals surface area contributed by atoms with Gasteiger partial charge in [0.15, 0.2) is 5.82 Å². The number of hydrogen-bond donors (Lipinski definition) is 3. The third-order valence-corrected chi connectivity index (χ3v) is 3.86. The second kappa shape index (κ2) is 7.25. The molecule has 8 heteroatoms. The topological polar surface area (TPSA) is 91.5 Å². The van der Waals surface area contributed by atoms with Gasteiger partial charge in [-0.3, -0.25) is 0 Å². The fourth-order valence-corrected chi connectivity index (χ4v) is 2.56. The third kappa shape index (κ3) is 4.09. The van der Waals surface area contributed by atoms with Crippen LogP contribution in [0.2, 0.25) is 0 Å². The molecule has 0 fully saturated rings. The maximum absolute atomic E-state index is 13.9. The first kappa shape index (κ1) is 16.8. The monoisotopic (exact) mass is 341 g/mol. The molecule has 0 amide bonds. The Hall–Kier alpha value is -3.03. The highest BCUT2D eigenvalue weighted by Gasteiger charge is 2.14. The number of nitrogens with one attached hydrogen (secondary N) is 3. The van der Waals surface area contributed by atoms with Crippen LogP contribution >= 0.6 is 0 Å². The van der Waals surface area contributed by atoms with E-state index in [9.17, 15) is 4.39 Å². The molecule has 2 heterocycles. The van der Waals surface area contributed by atoms with E-state index >= 15 is 0 Å². The average molecular weight is 341 g/mol. The lowest BCUT2D eigenvalue weighted by Gasteiger charge is -2.17. The molecule has 0 bridgehead atoms. The molecule has 3 N–H and O–H groups in total. The summed E-state index contributed by atoms with van der Waals surface area (Å²) >= 11 is 0. The molecule has 2 aromatic heterocycles. The van der Waals surface area contributed by atoms with Crippen LogP contribution in [0.1, 0.15) is 18.9 Å². The first-order valence-corrected chi connectivity index (χ1v) is 7.97. The normalized spacial score (nSPS) is 16.8. The minimum atomic E-state index is -0.206. The number of hydrogen-bond acceptors (Lipinski definition) is 6. The van der Waals surface area contributed by atoms with E-state index in [0.29, 0.717) is 47.6 Å². The van der Waals surface area contributed by atoms with E-state index in [4.69, 9.17) is 5.41 Å². The van der Waals surface area contributed by atoms with Crippen molar-refractivity contribution in [3.05, 3.63) is 47.8 Å². The van der Waals surface area contributed by atoms with Crippen molar-refractivity contribution in [2.45, 2.75) is 13.3 Å². The molecular formula is C17H20FN7. The van der Waals surface area contributed by atoms with Crippen molar-refractivity contribution in [2.75, 3.05) is 17.2 Å². The van der Waals surface area contributed by atoms with Crippen LogP contribution in [0, 0.1) is 11.3 Å².